The van der Waals surface area contributed by atoms with Crippen molar-refractivity contribution in [1.29, 1.82) is 0 Å². The maximum atomic E-state index is 6.01. The molecule has 0 spiro atoms. The summed E-state index contributed by atoms with van der Waals surface area (Å²) in [5.74, 6) is 0. The first-order valence-corrected chi connectivity index (χ1v) is 8.28. The van der Waals surface area contributed by atoms with Crippen molar-refractivity contribution in [3.8, 4) is 0 Å². The van der Waals surface area contributed by atoms with Crippen LogP contribution in [0.2, 0.25) is 0 Å². The fourth-order valence-electron chi connectivity index (χ4n) is 3.05. The molecule has 0 radical (unpaired) electrons. The number of rotatable bonds is 3. The molecule has 0 fully saturated rings. The van der Waals surface area contributed by atoms with E-state index in [0.717, 1.165) is 30.4 Å². The van der Waals surface area contributed by atoms with E-state index in [-0.39, 0.29) is 6.04 Å². The summed E-state index contributed by atoms with van der Waals surface area (Å²) in [6, 6.07) is 15.5. The Morgan fingerprint density at radius 2 is 1.95 bits per heavy atom. The van der Waals surface area contributed by atoms with Crippen LogP contribution in [0.1, 0.15) is 23.6 Å². The van der Waals surface area contributed by atoms with Gasteiger partial charge in [0.05, 0.1) is 0 Å². The maximum Gasteiger partial charge on any atom is 0.0432 e. The van der Waals surface area contributed by atoms with E-state index in [4.69, 9.17) is 5.73 Å². The van der Waals surface area contributed by atoms with Crippen molar-refractivity contribution in [2.45, 2.75) is 32.4 Å². The van der Waals surface area contributed by atoms with E-state index in [1.807, 2.05) is 0 Å². The minimum Gasteiger partial charge on any atom is -0.367 e. The summed E-state index contributed by atoms with van der Waals surface area (Å²) in [5.41, 5.74) is 11.6. The molecule has 2 N–H and O–H groups in total. The van der Waals surface area contributed by atoms with Crippen LogP contribution in [0.4, 0.5) is 5.69 Å². The van der Waals surface area contributed by atoms with E-state index in [9.17, 15) is 0 Å². The van der Waals surface area contributed by atoms with Gasteiger partial charge >= 0.3 is 0 Å². The van der Waals surface area contributed by atoms with Gasteiger partial charge in [-0.05, 0) is 48.6 Å². The Morgan fingerprint density at radius 3 is 2.71 bits per heavy atom. The number of halogens is 1. The third-order valence-electron chi connectivity index (χ3n) is 4.06. The van der Waals surface area contributed by atoms with Gasteiger partial charge in [-0.1, -0.05) is 46.3 Å². The minimum atomic E-state index is 0.182. The molecule has 1 atom stereocenters. The topological polar surface area (TPSA) is 29.3 Å². The molecule has 0 amide bonds. The van der Waals surface area contributed by atoms with Crippen molar-refractivity contribution in [2.24, 2.45) is 5.73 Å². The Hall–Kier alpha value is -1.32. The predicted octanol–water partition coefficient (Wildman–Crippen LogP) is 3.90. The first kappa shape index (κ1) is 14.6. The van der Waals surface area contributed by atoms with Crippen molar-refractivity contribution in [3.05, 3.63) is 63.6 Å². The van der Waals surface area contributed by atoms with E-state index in [1.54, 1.807) is 0 Å². The Labute approximate surface area is 135 Å². The largest absolute Gasteiger partial charge is 0.367 e. The fourth-order valence-corrected chi connectivity index (χ4v) is 3.40. The molecule has 0 aliphatic carbocycles. The van der Waals surface area contributed by atoms with Gasteiger partial charge in [-0.3, -0.25) is 0 Å². The summed E-state index contributed by atoms with van der Waals surface area (Å²) in [7, 11) is 0. The Morgan fingerprint density at radius 1 is 1.19 bits per heavy atom. The van der Waals surface area contributed by atoms with E-state index < -0.39 is 0 Å². The van der Waals surface area contributed by atoms with Crippen LogP contribution in [0.3, 0.4) is 0 Å². The summed E-state index contributed by atoms with van der Waals surface area (Å²) in [6.07, 6.45) is 2.03. The number of benzene rings is 2. The van der Waals surface area contributed by atoms with Crippen LogP contribution in [-0.4, -0.2) is 12.6 Å². The minimum absolute atomic E-state index is 0.182. The van der Waals surface area contributed by atoms with Crippen LogP contribution in [0.5, 0.6) is 0 Å². The van der Waals surface area contributed by atoms with Gasteiger partial charge in [0.2, 0.25) is 0 Å². The Kier molecular flexibility index (Phi) is 4.32. The number of fused-ring (bicyclic) bond motifs is 1. The van der Waals surface area contributed by atoms with Crippen molar-refractivity contribution in [3.63, 3.8) is 0 Å². The van der Waals surface area contributed by atoms with Gasteiger partial charge < -0.3 is 10.6 Å². The smallest absolute Gasteiger partial charge is 0.0432 e. The highest BCUT2D eigenvalue weighted by Crippen LogP contribution is 2.30. The number of nitrogens with zero attached hydrogens (tertiary/aromatic N) is 1. The third-order valence-corrected chi connectivity index (χ3v) is 4.55. The summed E-state index contributed by atoms with van der Waals surface area (Å²) in [6.45, 7) is 4.12. The molecule has 0 bridgehead atoms. The Bertz CT molecular complexity index is 637. The molecule has 3 heteroatoms. The lowest BCUT2D eigenvalue weighted by atomic mass is 9.97. The second-order valence-electron chi connectivity index (χ2n) is 5.89. The monoisotopic (exact) mass is 344 g/mol. The van der Waals surface area contributed by atoms with Gasteiger partial charge in [0.1, 0.15) is 0 Å². The molecule has 0 saturated carbocycles. The third kappa shape index (κ3) is 3.30. The van der Waals surface area contributed by atoms with Gasteiger partial charge in [0.15, 0.2) is 0 Å². The average Bonchev–Trinajstić information content (AvgIpc) is 2.48. The average molecular weight is 345 g/mol. The first-order valence-electron chi connectivity index (χ1n) is 7.49. The van der Waals surface area contributed by atoms with Crippen molar-refractivity contribution in [1.82, 2.24) is 0 Å². The molecule has 0 saturated heterocycles. The zero-order valence-electron chi connectivity index (χ0n) is 12.3. The van der Waals surface area contributed by atoms with Crippen LogP contribution in [0.15, 0.2) is 46.9 Å². The van der Waals surface area contributed by atoms with E-state index in [0.29, 0.717) is 0 Å². The zero-order valence-corrected chi connectivity index (χ0v) is 13.9. The summed E-state index contributed by atoms with van der Waals surface area (Å²) < 4.78 is 1.13. The standard InChI is InChI=1S/C18H21BrN2/c1-13(20)10-15-6-7-17(19)11-18(15)21-9-8-14-4-2-3-5-16(14)12-21/h2-7,11,13H,8-10,12,20H2,1H3. The summed E-state index contributed by atoms with van der Waals surface area (Å²) in [4.78, 5) is 2.48. The second-order valence-corrected chi connectivity index (χ2v) is 6.81. The molecule has 21 heavy (non-hydrogen) atoms. The van der Waals surface area contributed by atoms with Gasteiger partial charge in [0, 0.05) is 29.3 Å². The highest BCUT2D eigenvalue weighted by molar-refractivity contribution is 9.10. The fraction of sp³-hybridized carbons (Fsp3) is 0.333. The van der Waals surface area contributed by atoms with Crippen LogP contribution in [0, 0.1) is 0 Å². The lowest BCUT2D eigenvalue weighted by molar-refractivity contribution is 0.706. The van der Waals surface area contributed by atoms with Gasteiger partial charge in [-0.25, -0.2) is 0 Å². The maximum absolute atomic E-state index is 6.01. The lowest BCUT2D eigenvalue weighted by Crippen LogP contribution is -2.31. The van der Waals surface area contributed by atoms with E-state index >= 15 is 0 Å². The summed E-state index contributed by atoms with van der Waals surface area (Å²) in [5, 5.41) is 0. The van der Waals surface area contributed by atoms with E-state index in [1.165, 1.54) is 22.4 Å². The van der Waals surface area contributed by atoms with Crippen molar-refractivity contribution in [2.75, 3.05) is 11.4 Å². The molecule has 3 rings (SSSR count). The molecule has 2 aromatic carbocycles. The van der Waals surface area contributed by atoms with Crippen LogP contribution >= 0.6 is 15.9 Å². The first-order chi connectivity index (χ1) is 10.1. The molecule has 110 valence electrons. The van der Waals surface area contributed by atoms with Gasteiger partial charge in [-0.2, -0.15) is 0 Å². The quantitative estimate of drug-likeness (QED) is 0.914. The molecule has 2 aromatic rings. The summed E-state index contributed by atoms with van der Waals surface area (Å²) >= 11 is 3.60. The van der Waals surface area contributed by atoms with Crippen LogP contribution in [0.25, 0.3) is 0 Å². The van der Waals surface area contributed by atoms with Crippen LogP contribution in [-0.2, 0) is 19.4 Å². The number of hydrogen-bond donors (Lipinski definition) is 1. The van der Waals surface area contributed by atoms with E-state index in [2.05, 4.69) is 70.2 Å². The van der Waals surface area contributed by atoms with Gasteiger partial charge in [-0.15, -0.1) is 0 Å². The van der Waals surface area contributed by atoms with Crippen LogP contribution < -0.4 is 10.6 Å². The lowest BCUT2D eigenvalue weighted by Gasteiger charge is -2.32. The molecule has 0 aromatic heterocycles. The zero-order chi connectivity index (χ0) is 14.8. The predicted molar refractivity (Wildman–Crippen MR) is 92.7 cm³/mol. The molecular formula is C18H21BrN2. The van der Waals surface area contributed by atoms with Crippen molar-refractivity contribution < 1.29 is 0 Å². The molecule has 2 nitrogen and oxygen atoms in total. The normalized spacial score (nSPS) is 15.7. The number of hydrogen-bond acceptors (Lipinski definition) is 2. The highest BCUT2D eigenvalue weighted by Gasteiger charge is 2.19. The molecule has 1 unspecified atom stereocenters. The number of anilines is 1. The molecular weight excluding hydrogens is 324 g/mol. The molecule has 1 heterocycles. The van der Waals surface area contributed by atoms with Crippen molar-refractivity contribution >= 4 is 21.6 Å². The molecule has 1 aliphatic rings. The molecule has 1 aliphatic heterocycles. The highest BCUT2D eigenvalue weighted by atomic mass is 79.9. The SMILES string of the molecule is CC(N)Cc1ccc(Br)cc1N1CCc2ccccc2C1. The Balaban J connectivity index is 1.92. The van der Waals surface area contributed by atoms with Gasteiger partial charge in [0.25, 0.3) is 0 Å². The number of nitrogens with two attached hydrogens (primary N) is 1. The second kappa shape index (κ2) is 6.20.